The molecule has 0 saturated heterocycles. The topological polar surface area (TPSA) is 6.48 Å². The average Bonchev–Trinajstić information content (AvgIpc) is 3.44. The summed E-state index contributed by atoms with van der Waals surface area (Å²) in [6.07, 6.45) is 0. The first-order valence-corrected chi connectivity index (χ1v) is 29.3. The molecule has 0 saturated carbocycles. The summed E-state index contributed by atoms with van der Waals surface area (Å²) in [6.45, 7) is 0. The van der Waals surface area contributed by atoms with E-state index in [9.17, 15) is 0 Å². The lowest BCUT2D eigenvalue weighted by molar-refractivity contribution is 1.13. The zero-order valence-electron chi connectivity index (χ0n) is 38.8. The van der Waals surface area contributed by atoms with Gasteiger partial charge in [0, 0.05) is 109 Å². The van der Waals surface area contributed by atoms with Crippen LogP contribution in [0.4, 0.5) is 34.1 Å². The largest absolute Gasteiger partial charge is 0.310 e. The highest BCUT2D eigenvalue weighted by atomic mass is 32.2. The smallest absolute Gasteiger partial charge is 0.0625 e. The summed E-state index contributed by atoms with van der Waals surface area (Å²) < 4.78 is 0. The van der Waals surface area contributed by atoms with Crippen molar-refractivity contribution >= 4 is 128 Å². The zero-order valence-corrected chi connectivity index (χ0v) is 44.6. The fourth-order valence-electron chi connectivity index (χ4n) is 9.98. The van der Waals surface area contributed by atoms with Gasteiger partial charge in [-0.15, -0.1) is 12.6 Å². The SMILES string of the molecule is Sc1c(-c2ccccc2)c(-c2ccc(N(c3ccccc3)c3ccc4c(c3)Sc3ccccc3S4)cc2)c(N(c2ccc3c(c2)Sc2ccccc2S3)c2ccc3c(c2)Sc2ccccc2S3)c2ccccc12. The normalized spacial score (nSPS) is 12.9. The van der Waals surface area contributed by atoms with Gasteiger partial charge in [-0.3, -0.25) is 0 Å². The van der Waals surface area contributed by atoms with Gasteiger partial charge < -0.3 is 9.80 Å². The third-order valence-corrected chi connectivity index (χ3v) is 21.4. The Kier molecular flexibility index (Phi) is 11.9. The minimum Gasteiger partial charge on any atom is -0.310 e. The van der Waals surface area contributed by atoms with Crippen LogP contribution in [0.25, 0.3) is 33.0 Å². The molecule has 14 rings (SSSR count). The number of hydrogen-bond acceptors (Lipinski definition) is 9. The second-order valence-corrected chi connectivity index (χ2v) is 24.7. The van der Waals surface area contributed by atoms with Gasteiger partial charge in [0.1, 0.15) is 0 Å². The lowest BCUT2D eigenvalue weighted by atomic mass is 9.88. The van der Waals surface area contributed by atoms with Gasteiger partial charge in [-0.2, -0.15) is 0 Å². The van der Waals surface area contributed by atoms with Crippen molar-refractivity contribution in [2.75, 3.05) is 9.80 Å². The second-order valence-electron chi connectivity index (χ2n) is 17.8. The van der Waals surface area contributed by atoms with Crippen molar-refractivity contribution in [1.29, 1.82) is 0 Å². The van der Waals surface area contributed by atoms with Crippen LogP contribution in [0.5, 0.6) is 0 Å². The second kappa shape index (κ2) is 19.2. The summed E-state index contributed by atoms with van der Waals surface area (Å²) in [4.78, 5) is 21.2. The predicted octanol–water partition coefficient (Wildman–Crippen LogP) is 21.2. The van der Waals surface area contributed by atoms with Crippen LogP contribution in [0.1, 0.15) is 0 Å². The van der Waals surface area contributed by atoms with Gasteiger partial charge in [0.2, 0.25) is 0 Å². The molecule has 0 amide bonds. The summed E-state index contributed by atoms with van der Waals surface area (Å²) in [5, 5.41) is 2.22. The third-order valence-electron chi connectivity index (χ3n) is 13.3. The van der Waals surface area contributed by atoms with Crippen LogP contribution in [0, 0.1) is 0 Å². The van der Waals surface area contributed by atoms with Crippen molar-refractivity contribution in [2.45, 2.75) is 63.6 Å². The molecule has 0 N–H and O–H groups in total. The third kappa shape index (κ3) is 8.36. The lowest BCUT2D eigenvalue weighted by Gasteiger charge is -2.33. The van der Waals surface area contributed by atoms with Crippen LogP contribution in [-0.2, 0) is 0 Å². The highest BCUT2D eigenvalue weighted by Gasteiger charge is 2.30. The predicted molar refractivity (Wildman–Crippen MR) is 316 cm³/mol. The highest BCUT2D eigenvalue weighted by molar-refractivity contribution is 8.06. The van der Waals surface area contributed by atoms with E-state index in [0.717, 1.165) is 72.0 Å². The molecule has 0 aliphatic carbocycles. The van der Waals surface area contributed by atoms with E-state index in [1.165, 1.54) is 58.7 Å². The number of thiol groups is 1. The summed E-state index contributed by atoms with van der Waals surface area (Å²) in [5.74, 6) is 0. The van der Waals surface area contributed by atoms with Crippen LogP contribution >= 0.6 is 83.2 Å². The van der Waals surface area contributed by atoms with Crippen LogP contribution in [0.2, 0.25) is 0 Å². The fourth-order valence-corrected chi connectivity index (χ4v) is 17.2. The molecule has 3 aliphatic rings. The van der Waals surface area contributed by atoms with E-state index in [0.29, 0.717) is 0 Å². The maximum Gasteiger partial charge on any atom is 0.0625 e. The minimum absolute atomic E-state index is 0.949. The first kappa shape index (κ1) is 45.4. The minimum atomic E-state index is 0.949. The first-order valence-electron chi connectivity index (χ1n) is 23.9. The summed E-state index contributed by atoms with van der Waals surface area (Å²) in [6, 6.07) is 86.8. The Bertz CT molecular complexity index is 3860. The van der Waals surface area contributed by atoms with Crippen molar-refractivity contribution in [2.24, 2.45) is 0 Å². The molecular formula is C64H40N2S7. The lowest BCUT2D eigenvalue weighted by Crippen LogP contribution is -2.14. The number of nitrogens with zero attached hydrogens (tertiary/aromatic N) is 2. The molecule has 0 aromatic heterocycles. The van der Waals surface area contributed by atoms with E-state index in [2.05, 4.69) is 246 Å². The molecule has 9 heteroatoms. The molecule has 0 unspecified atom stereocenters. The van der Waals surface area contributed by atoms with Gasteiger partial charge in [0.25, 0.3) is 0 Å². The number of rotatable bonds is 8. The Morgan fingerprint density at radius 1 is 0.247 bits per heavy atom. The molecule has 0 radical (unpaired) electrons. The quantitative estimate of drug-likeness (QED) is 0.149. The summed E-state index contributed by atoms with van der Waals surface area (Å²) in [5.41, 5.74) is 11.0. The molecule has 0 atom stereocenters. The van der Waals surface area contributed by atoms with Gasteiger partial charge in [0.05, 0.1) is 5.69 Å². The van der Waals surface area contributed by atoms with E-state index >= 15 is 0 Å². The summed E-state index contributed by atoms with van der Waals surface area (Å²) >= 11 is 16.7. The average molecular weight is 1060 g/mol. The molecule has 0 bridgehead atoms. The number of hydrogen-bond donors (Lipinski definition) is 1. The van der Waals surface area contributed by atoms with Crippen molar-refractivity contribution < 1.29 is 0 Å². The molecule has 2 nitrogen and oxygen atoms in total. The van der Waals surface area contributed by atoms with Gasteiger partial charge in [0.15, 0.2) is 0 Å². The Hall–Kier alpha value is -6.27. The molecular weight excluding hydrogens is 1020 g/mol. The standard InChI is InChI=1S/C64H40N2S7/c67-64-48-20-8-7-19-47(48)63(66(45-32-35-56-59(38-45)72-53-25-13-10-22-50(53)69-56)46-33-36-57-60(39-46)73-54-26-14-11-23-51(54)70-57)61(62(64)40-15-3-1-4-16-40)41-27-29-43(30-28-41)65(42-17-5-2-6-18-42)44-31-34-55-58(37-44)71-52-24-12-9-21-49(52)68-55/h1-39,67H. The molecule has 0 fully saturated rings. The first-order chi connectivity index (χ1) is 36.1. The number of anilines is 6. The van der Waals surface area contributed by atoms with Gasteiger partial charge in [-0.05, 0) is 132 Å². The molecule has 0 spiro atoms. The van der Waals surface area contributed by atoms with Gasteiger partial charge >= 0.3 is 0 Å². The van der Waals surface area contributed by atoms with E-state index in [1.807, 2.05) is 70.6 Å². The van der Waals surface area contributed by atoms with Crippen LogP contribution < -0.4 is 9.80 Å². The van der Waals surface area contributed by atoms with Crippen molar-refractivity contribution in [3.8, 4) is 22.3 Å². The Morgan fingerprint density at radius 2 is 0.575 bits per heavy atom. The van der Waals surface area contributed by atoms with Crippen molar-refractivity contribution in [3.05, 3.63) is 237 Å². The molecule has 11 aromatic carbocycles. The molecule has 11 aromatic rings. The Balaban J connectivity index is 0.983. The van der Waals surface area contributed by atoms with Crippen molar-refractivity contribution in [1.82, 2.24) is 0 Å². The number of fused-ring (bicyclic) bond motifs is 7. The zero-order chi connectivity index (χ0) is 48.4. The molecule has 3 heterocycles. The monoisotopic (exact) mass is 1060 g/mol. The highest BCUT2D eigenvalue weighted by Crippen LogP contribution is 2.57. The van der Waals surface area contributed by atoms with Crippen LogP contribution in [0.3, 0.4) is 0 Å². The van der Waals surface area contributed by atoms with Gasteiger partial charge in [-0.25, -0.2) is 0 Å². The Labute approximate surface area is 456 Å². The van der Waals surface area contributed by atoms with E-state index in [-0.39, 0.29) is 0 Å². The van der Waals surface area contributed by atoms with E-state index in [4.69, 9.17) is 12.6 Å². The van der Waals surface area contributed by atoms with Gasteiger partial charge in [-0.1, -0.05) is 192 Å². The van der Waals surface area contributed by atoms with Crippen molar-refractivity contribution in [3.63, 3.8) is 0 Å². The van der Waals surface area contributed by atoms with Crippen LogP contribution in [0.15, 0.2) is 300 Å². The molecule has 3 aliphatic heterocycles. The van der Waals surface area contributed by atoms with Crippen LogP contribution in [-0.4, -0.2) is 0 Å². The fraction of sp³-hybridized carbons (Fsp3) is 0. The van der Waals surface area contributed by atoms with E-state index < -0.39 is 0 Å². The van der Waals surface area contributed by atoms with E-state index in [1.54, 1.807) is 0 Å². The molecule has 348 valence electrons. The Morgan fingerprint density at radius 3 is 1.04 bits per heavy atom. The molecule has 73 heavy (non-hydrogen) atoms. The number of benzene rings is 11. The maximum atomic E-state index is 5.53. The number of para-hydroxylation sites is 1. The summed E-state index contributed by atoms with van der Waals surface area (Å²) in [7, 11) is 0. The maximum absolute atomic E-state index is 5.53.